The van der Waals surface area contributed by atoms with Gasteiger partial charge in [0.15, 0.2) is 0 Å². The summed E-state index contributed by atoms with van der Waals surface area (Å²) < 4.78 is 0. The average Bonchev–Trinajstić information content (AvgIpc) is 2.56. The summed E-state index contributed by atoms with van der Waals surface area (Å²) >= 11 is 0. The Balaban J connectivity index is 1.98. The molecule has 26 heavy (non-hydrogen) atoms. The van der Waals surface area contributed by atoms with Crippen molar-refractivity contribution in [3.05, 3.63) is 24.3 Å². The van der Waals surface area contributed by atoms with Crippen LogP contribution in [-0.4, -0.2) is 65.7 Å². The van der Waals surface area contributed by atoms with Gasteiger partial charge in [-0.15, -0.1) is 0 Å². The van der Waals surface area contributed by atoms with E-state index < -0.39 is 0 Å². The van der Waals surface area contributed by atoms with Gasteiger partial charge in [0.2, 0.25) is 5.91 Å². The second-order valence-electron chi connectivity index (χ2n) is 7.19. The summed E-state index contributed by atoms with van der Waals surface area (Å²) in [5.74, 6) is 0.398. The number of hydrogen-bond donors (Lipinski definition) is 3. The number of amides is 3. The van der Waals surface area contributed by atoms with Crippen LogP contribution >= 0.6 is 0 Å². The number of aliphatic hydroxyl groups is 1. The largest absolute Gasteiger partial charge is 0.396 e. The van der Waals surface area contributed by atoms with Gasteiger partial charge in [0.25, 0.3) is 0 Å². The van der Waals surface area contributed by atoms with Crippen molar-refractivity contribution in [1.29, 1.82) is 0 Å². The molecule has 0 saturated carbocycles. The first-order chi connectivity index (χ1) is 12.4. The van der Waals surface area contributed by atoms with E-state index in [1.807, 2.05) is 0 Å². The van der Waals surface area contributed by atoms with Crippen molar-refractivity contribution in [3.8, 4) is 0 Å². The normalized spacial score (nSPS) is 18.0. The fraction of sp³-hybridized carbons (Fsp3) is 0.579. The van der Waals surface area contributed by atoms with Gasteiger partial charge in [0.1, 0.15) is 0 Å². The van der Waals surface area contributed by atoms with Crippen molar-refractivity contribution in [3.63, 3.8) is 0 Å². The molecule has 0 aliphatic carbocycles. The molecule has 7 heteroatoms. The number of rotatable bonds is 6. The van der Waals surface area contributed by atoms with E-state index in [1.165, 1.54) is 6.92 Å². The zero-order valence-corrected chi connectivity index (χ0v) is 15.9. The maximum absolute atomic E-state index is 12.6. The van der Waals surface area contributed by atoms with Crippen LogP contribution in [0.4, 0.5) is 16.2 Å². The SMILES string of the molecule is CC(=O)Nc1cccc(NC(=O)N2CCN(CC(C)C)[C@@H](CCO)C2)c1. The lowest BCUT2D eigenvalue weighted by Crippen LogP contribution is -2.56. The van der Waals surface area contributed by atoms with Crippen molar-refractivity contribution in [2.24, 2.45) is 5.92 Å². The third kappa shape index (κ3) is 6.00. The summed E-state index contributed by atoms with van der Waals surface area (Å²) in [7, 11) is 0. The highest BCUT2D eigenvalue weighted by Crippen LogP contribution is 2.18. The Bertz CT molecular complexity index is 621. The molecular weight excluding hydrogens is 332 g/mol. The maximum atomic E-state index is 12.6. The molecule has 1 fully saturated rings. The smallest absolute Gasteiger partial charge is 0.321 e. The van der Waals surface area contributed by atoms with Crippen LogP contribution < -0.4 is 10.6 Å². The zero-order chi connectivity index (χ0) is 19.1. The van der Waals surface area contributed by atoms with Gasteiger partial charge in [-0.1, -0.05) is 19.9 Å². The van der Waals surface area contributed by atoms with Crippen LogP contribution in [0, 0.1) is 5.92 Å². The number of anilines is 2. The predicted molar refractivity (Wildman–Crippen MR) is 103 cm³/mol. The summed E-state index contributed by atoms with van der Waals surface area (Å²) in [5.41, 5.74) is 1.29. The third-order valence-electron chi connectivity index (χ3n) is 4.39. The van der Waals surface area contributed by atoms with Gasteiger partial charge in [-0.05, 0) is 30.5 Å². The fourth-order valence-corrected chi connectivity index (χ4v) is 3.29. The maximum Gasteiger partial charge on any atom is 0.321 e. The number of nitrogens with zero attached hydrogens (tertiary/aromatic N) is 2. The summed E-state index contributed by atoms with van der Waals surface area (Å²) in [5, 5.41) is 15.0. The van der Waals surface area contributed by atoms with E-state index in [-0.39, 0.29) is 24.6 Å². The number of carbonyl (C=O) groups excluding carboxylic acids is 2. The standard InChI is InChI=1S/C19H30N4O3/c1-14(2)12-22-8-9-23(13-18(22)7-10-24)19(26)21-17-6-4-5-16(11-17)20-15(3)25/h4-6,11,14,18,24H,7-10,12-13H2,1-3H3,(H,20,25)(H,21,26)/t18-/m0/s1. The van der Waals surface area contributed by atoms with Crippen LogP contribution in [0.1, 0.15) is 27.2 Å². The molecule has 1 aromatic rings. The minimum absolute atomic E-state index is 0.119. The lowest BCUT2D eigenvalue weighted by molar-refractivity contribution is -0.114. The summed E-state index contributed by atoms with van der Waals surface area (Å²) in [6, 6.07) is 7.11. The van der Waals surface area contributed by atoms with Crippen molar-refractivity contribution >= 4 is 23.3 Å². The topological polar surface area (TPSA) is 84.9 Å². The number of aliphatic hydroxyl groups excluding tert-OH is 1. The molecular formula is C19H30N4O3. The molecule has 3 N–H and O–H groups in total. The number of carbonyl (C=O) groups is 2. The Morgan fingerprint density at radius 1 is 1.23 bits per heavy atom. The first-order valence-corrected chi connectivity index (χ1v) is 9.17. The Hall–Kier alpha value is -2.12. The quantitative estimate of drug-likeness (QED) is 0.724. The van der Waals surface area contributed by atoms with Crippen LogP contribution in [0.5, 0.6) is 0 Å². The van der Waals surface area contributed by atoms with Gasteiger partial charge in [-0.2, -0.15) is 0 Å². The van der Waals surface area contributed by atoms with Gasteiger partial charge in [0, 0.05) is 57.1 Å². The monoisotopic (exact) mass is 362 g/mol. The molecule has 3 amide bonds. The van der Waals surface area contributed by atoms with Gasteiger partial charge in [0.05, 0.1) is 0 Å². The van der Waals surface area contributed by atoms with E-state index in [1.54, 1.807) is 29.2 Å². The van der Waals surface area contributed by atoms with E-state index >= 15 is 0 Å². The molecule has 0 spiro atoms. The van der Waals surface area contributed by atoms with Crippen LogP contribution in [0.2, 0.25) is 0 Å². The second kappa shape index (κ2) is 9.54. The minimum Gasteiger partial charge on any atom is -0.396 e. The lowest BCUT2D eigenvalue weighted by atomic mass is 10.1. The minimum atomic E-state index is -0.155. The molecule has 0 unspecified atom stereocenters. The first kappa shape index (κ1) is 20.2. The van der Waals surface area contributed by atoms with Crippen molar-refractivity contribution in [2.45, 2.75) is 33.2 Å². The Labute approximate surface area is 155 Å². The van der Waals surface area contributed by atoms with Crippen molar-refractivity contribution in [1.82, 2.24) is 9.80 Å². The Morgan fingerprint density at radius 2 is 1.92 bits per heavy atom. The number of hydrogen-bond acceptors (Lipinski definition) is 4. The Morgan fingerprint density at radius 3 is 2.54 bits per heavy atom. The van der Waals surface area contributed by atoms with Crippen LogP contribution in [0.3, 0.4) is 0 Å². The van der Waals surface area contributed by atoms with Crippen LogP contribution in [0.25, 0.3) is 0 Å². The molecule has 1 atom stereocenters. The molecule has 7 nitrogen and oxygen atoms in total. The van der Waals surface area contributed by atoms with Gasteiger partial charge in [-0.3, -0.25) is 9.69 Å². The fourth-order valence-electron chi connectivity index (χ4n) is 3.29. The van der Waals surface area contributed by atoms with E-state index in [2.05, 4.69) is 29.4 Å². The molecule has 144 valence electrons. The molecule has 1 aliphatic heterocycles. The summed E-state index contributed by atoms with van der Waals surface area (Å²) in [4.78, 5) is 28.0. The molecule has 1 aromatic carbocycles. The second-order valence-corrected chi connectivity index (χ2v) is 7.19. The summed E-state index contributed by atoms with van der Waals surface area (Å²) in [6.45, 7) is 8.96. The third-order valence-corrected chi connectivity index (χ3v) is 4.39. The van der Waals surface area contributed by atoms with Crippen molar-refractivity contribution in [2.75, 3.05) is 43.4 Å². The molecule has 1 aliphatic rings. The van der Waals surface area contributed by atoms with Crippen LogP contribution in [-0.2, 0) is 4.79 Å². The Kier molecular flexibility index (Phi) is 7.41. The molecule has 2 rings (SSSR count). The van der Waals surface area contributed by atoms with Gasteiger partial charge >= 0.3 is 6.03 Å². The van der Waals surface area contributed by atoms with E-state index in [4.69, 9.17) is 0 Å². The molecule has 0 bridgehead atoms. The average molecular weight is 362 g/mol. The molecule has 0 aromatic heterocycles. The predicted octanol–water partition coefficient (Wildman–Crippen LogP) is 2.20. The molecule has 1 saturated heterocycles. The summed E-state index contributed by atoms with van der Waals surface area (Å²) in [6.07, 6.45) is 0.661. The van der Waals surface area contributed by atoms with E-state index in [9.17, 15) is 14.7 Å². The lowest BCUT2D eigenvalue weighted by Gasteiger charge is -2.42. The number of piperazine rings is 1. The number of urea groups is 1. The highest BCUT2D eigenvalue weighted by molar-refractivity contribution is 5.92. The van der Waals surface area contributed by atoms with E-state index in [0.29, 0.717) is 36.8 Å². The number of benzene rings is 1. The highest BCUT2D eigenvalue weighted by Gasteiger charge is 2.29. The van der Waals surface area contributed by atoms with Crippen molar-refractivity contribution < 1.29 is 14.7 Å². The highest BCUT2D eigenvalue weighted by atomic mass is 16.3. The number of nitrogens with one attached hydrogen (secondary N) is 2. The van der Waals surface area contributed by atoms with Gasteiger partial charge in [-0.25, -0.2) is 4.79 Å². The molecule has 0 radical (unpaired) electrons. The molecule has 1 heterocycles. The van der Waals surface area contributed by atoms with Gasteiger partial charge < -0.3 is 20.6 Å². The van der Waals surface area contributed by atoms with Crippen LogP contribution in [0.15, 0.2) is 24.3 Å². The van der Waals surface area contributed by atoms with E-state index in [0.717, 1.165) is 13.1 Å². The zero-order valence-electron chi connectivity index (χ0n) is 15.9. The first-order valence-electron chi connectivity index (χ1n) is 9.17.